The average Bonchev–Trinajstić information content (AvgIpc) is 2.59. The van der Waals surface area contributed by atoms with Gasteiger partial charge in [-0.15, -0.1) is 0 Å². The van der Waals surface area contributed by atoms with Crippen LogP contribution < -0.4 is 4.90 Å². The maximum Gasteiger partial charge on any atom is 0.422 e. The van der Waals surface area contributed by atoms with Crippen molar-refractivity contribution in [2.75, 3.05) is 11.5 Å². The first-order valence-electron chi connectivity index (χ1n) is 6.21. The molecule has 0 aromatic heterocycles. The summed E-state index contributed by atoms with van der Waals surface area (Å²) in [7, 11) is 0. The third-order valence-electron chi connectivity index (χ3n) is 2.88. The number of nitrogens with zero attached hydrogens (tertiary/aromatic N) is 1. The molecule has 1 heterocycles. The van der Waals surface area contributed by atoms with Crippen molar-refractivity contribution in [1.29, 1.82) is 0 Å². The molecule has 0 atom stereocenters. The van der Waals surface area contributed by atoms with Gasteiger partial charge in [-0.2, -0.15) is 0 Å². The Bertz CT molecular complexity index is 561. The molecule has 1 aromatic rings. The molecule has 0 unspecified atom stereocenters. The summed E-state index contributed by atoms with van der Waals surface area (Å²) in [6.07, 6.45) is -0.719. The highest BCUT2D eigenvalue weighted by atomic mass is 16.6. The van der Waals surface area contributed by atoms with E-state index in [4.69, 9.17) is 9.47 Å². The molecule has 6 heteroatoms. The molecule has 1 aliphatic rings. The van der Waals surface area contributed by atoms with Crippen LogP contribution in [0.4, 0.5) is 10.5 Å². The van der Waals surface area contributed by atoms with E-state index in [9.17, 15) is 14.4 Å². The maximum atomic E-state index is 12.0. The first-order chi connectivity index (χ1) is 9.36. The molecule has 20 heavy (non-hydrogen) atoms. The number of ether oxygens (including phenoxy) is 2. The number of cyclic esters (lactones) is 1. The number of carbonyl (C=O) groups excluding carboxylic acids is 3. The number of hydrogen-bond acceptors (Lipinski definition) is 5. The molecule has 2 amide bonds. The van der Waals surface area contributed by atoms with Crippen LogP contribution in [0.1, 0.15) is 31.1 Å². The summed E-state index contributed by atoms with van der Waals surface area (Å²) in [5, 5.41) is 0. The fourth-order valence-corrected chi connectivity index (χ4v) is 1.84. The lowest BCUT2D eigenvalue weighted by molar-refractivity contribution is -0.127. The largest absolute Gasteiger partial charge is 0.462 e. The Balaban J connectivity index is 2.25. The van der Waals surface area contributed by atoms with Gasteiger partial charge in [-0.05, 0) is 45.0 Å². The van der Waals surface area contributed by atoms with Crippen LogP contribution in [0.5, 0.6) is 0 Å². The SMILES string of the molecule is CCOC(=O)c1ccc(N2C(=O)OC(C)(C)C2=O)cc1. The Labute approximate surface area is 116 Å². The van der Waals surface area contributed by atoms with Crippen molar-refractivity contribution in [3.05, 3.63) is 29.8 Å². The highest BCUT2D eigenvalue weighted by Gasteiger charge is 2.47. The molecular weight excluding hydrogens is 262 g/mol. The van der Waals surface area contributed by atoms with Crippen molar-refractivity contribution in [3.63, 3.8) is 0 Å². The van der Waals surface area contributed by atoms with E-state index in [0.29, 0.717) is 11.3 Å². The lowest BCUT2D eigenvalue weighted by Crippen LogP contribution is -2.36. The molecule has 2 rings (SSSR count). The summed E-state index contributed by atoms with van der Waals surface area (Å²) in [6.45, 7) is 5.05. The number of imide groups is 1. The second-order valence-electron chi connectivity index (χ2n) is 4.79. The Morgan fingerprint density at radius 2 is 1.85 bits per heavy atom. The van der Waals surface area contributed by atoms with Crippen molar-refractivity contribution in [1.82, 2.24) is 0 Å². The van der Waals surface area contributed by atoms with Gasteiger partial charge in [-0.25, -0.2) is 14.5 Å². The highest BCUT2D eigenvalue weighted by molar-refractivity contribution is 6.19. The Morgan fingerprint density at radius 3 is 2.30 bits per heavy atom. The normalized spacial score (nSPS) is 17.1. The van der Waals surface area contributed by atoms with Crippen LogP contribution in [0.25, 0.3) is 0 Å². The first-order valence-corrected chi connectivity index (χ1v) is 6.21. The number of rotatable bonds is 3. The van der Waals surface area contributed by atoms with Crippen LogP contribution in [-0.4, -0.2) is 30.2 Å². The summed E-state index contributed by atoms with van der Waals surface area (Å²) in [4.78, 5) is 36.2. The summed E-state index contributed by atoms with van der Waals surface area (Å²) >= 11 is 0. The van der Waals surface area contributed by atoms with E-state index in [-0.39, 0.29) is 6.61 Å². The predicted molar refractivity (Wildman–Crippen MR) is 70.4 cm³/mol. The quantitative estimate of drug-likeness (QED) is 0.791. The van der Waals surface area contributed by atoms with Gasteiger partial charge < -0.3 is 9.47 Å². The van der Waals surface area contributed by atoms with Gasteiger partial charge >= 0.3 is 12.1 Å². The van der Waals surface area contributed by atoms with Gasteiger partial charge in [0.15, 0.2) is 5.60 Å². The smallest absolute Gasteiger partial charge is 0.422 e. The Kier molecular flexibility index (Phi) is 3.48. The molecule has 0 spiro atoms. The molecule has 1 aliphatic heterocycles. The minimum Gasteiger partial charge on any atom is -0.462 e. The van der Waals surface area contributed by atoms with Crippen LogP contribution in [0.15, 0.2) is 24.3 Å². The fourth-order valence-electron chi connectivity index (χ4n) is 1.84. The van der Waals surface area contributed by atoms with E-state index in [2.05, 4.69) is 0 Å². The summed E-state index contributed by atoms with van der Waals surface area (Å²) in [6, 6.07) is 6.01. The van der Waals surface area contributed by atoms with Crippen LogP contribution in [0, 0.1) is 0 Å². The van der Waals surface area contributed by atoms with Gasteiger partial charge in [0.05, 0.1) is 17.9 Å². The average molecular weight is 277 g/mol. The molecule has 106 valence electrons. The van der Waals surface area contributed by atoms with E-state index < -0.39 is 23.6 Å². The molecule has 0 bridgehead atoms. The van der Waals surface area contributed by atoms with Crippen LogP contribution in [0.3, 0.4) is 0 Å². The van der Waals surface area contributed by atoms with Crippen molar-refractivity contribution in [2.45, 2.75) is 26.4 Å². The number of anilines is 1. The molecule has 0 saturated carbocycles. The highest BCUT2D eigenvalue weighted by Crippen LogP contribution is 2.29. The summed E-state index contributed by atoms with van der Waals surface area (Å²) in [5.74, 6) is -0.888. The van der Waals surface area contributed by atoms with Crippen LogP contribution in [0.2, 0.25) is 0 Å². The molecule has 0 N–H and O–H groups in total. The lowest BCUT2D eigenvalue weighted by atomic mass is 10.1. The van der Waals surface area contributed by atoms with E-state index in [1.165, 1.54) is 38.1 Å². The zero-order valence-electron chi connectivity index (χ0n) is 11.5. The third kappa shape index (κ3) is 2.36. The number of benzene rings is 1. The number of esters is 1. The van der Waals surface area contributed by atoms with Crippen LogP contribution >= 0.6 is 0 Å². The Morgan fingerprint density at radius 1 is 1.25 bits per heavy atom. The number of amides is 2. The maximum absolute atomic E-state index is 12.0. The summed E-state index contributed by atoms with van der Waals surface area (Å²) in [5.41, 5.74) is -0.454. The predicted octanol–water partition coefficient (Wildman–Crippen LogP) is 2.13. The van der Waals surface area contributed by atoms with Gasteiger partial charge in [0.1, 0.15) is 0 Å². The Hall–Kier alpha value is -2.37. The monoisotopic (exact) mass is 277 g/mol. The lowest BCUT2D eigenvalue weighted by Gasteiger charge is -2.14. The van der Waals surface area contributed by atoms with Crippen molar-refractivity contribution in [2.24, 2.45) is 0 Å². The minimum atomic E-state index is -1.17. The fraction of sp³-hybridized carbons (Fsp3) is 0.357. The minimum absolute atomic E-state index is 0.283. The molecule has 0 aliphatic carbocycles. The third-order valence-corrected chi connectivity index (χ3v) is 2.88. The molecule has 1 saturated heterocycles. The first kappa shape index (κ1) is 14.0. The molecule has 6 nitrogen and oxygen atoms in total. The van der Waals surface area contributed by atoms with Crippen LogP contribution in [-0.2, 0) is 14.3 Å². The molecule has 0 radical (unpaired) electrons. The standard InChI is InChI=1S/C14H15NO5/c1-4-19-11(16)9-5-7-10(8-6-9)15-12(17)14(2,3)20-13(15)18/h5-8H,4H2,1-3H3. The van der Waals surface area contributed by atoms with Crippen molar-refractivity contribution < 1.29 is 23.9 Å². The summed E-state index contributed by atoms with van der Waals surface area (Å²) < 4.78 is 9.85. The van der Waals surface area contributed by atoms with E-state index in [0.717, 1.165) is 4.90 Å². The van der Waals surface area contributed by atoms with Crippen molar-refractivity contribution >= 4 is 23.7 Å². The topological polar surface area (TPSA) is 72.9 Å². The van der Waals surface area contributed by atoms with Gasteiger partial charge in [-0.1, -0.05) is 0 Å². The molecular formula is C14H15NO5. The molecule has 1 aromatic carbocycles. The van der Waals surface area contributed by atoms with E-state index in [1.54, 1.807) is 6.92 Å². The second kappa shape index (κ2) is 4.96. The van der Waals surface area contributed by atoms with Gasteiger partial charge in [0.2, 0.25) is 0 Å². The van der Waals surface area contributed by atoms with Crippen molar-refractivity contribution in [3.8, 4) is 0 Å². The van der Waals surface area contributed by atoms with Gasteiger partial charge in [0.25, 0.3) is 5.91 Å². The zero-order valence-corrected chi connectivity index (χ0v) is 11.5. The van der Waals surface area contributed by atoms with E-state index >= 15 is 0 Å². The van der Waals surface area contributed by atoms with Gasteiger partial charge in [-0.3, -0.25) is 4.79 Å². The molecule has 1 fully saturated rings. The van der Waals surface area contributed by atoms with Gasteiger partial charge in [0, 0.05) is 0 Å². The second-order valence-corrected chi connectivity index (χ2v) is 4.79. The van der Waals surface area contributed by atoms with E-state index in [1.807, 2.05) is 0 Å². The number of hydrogen-bond donors (Lipinski definition) is 0. The zero-order chi connectivity index (χ0) is 14.9. The number of carbonyl (C=O) groups is 3.